The van der Waals surface area contributed by atoms with Gasteiger partial charge in [0.25, 0.3) is 0 Å². The Morgan fingerprint density at radius 3 is 1.81 bits per heavy atom. The summed E-state index contributed by atoms with van der Waals surface area (Å²) in [7, 11) is 0. The van der Waals surface area contributed by atoms with E-state index in [9.17, 15) is 38.7 Å². The van der Waals surface area contributed by atoms with Crippen LogP contribution in [0, 0.1) is 11.8 Å². The molecule has 1 fully saturated rings. The number of amides is 7. The van der Waals surface area contributed by atoms with Crippen LogP contribution >= 0.6 is 0 Å². The Balaban J connectivity index is 3.29. The number of rotatable bonds is 23. The zero-order valence-electron chi connectivity index (χ0n) is 33.3. The van der Waals surface area contributed by atoms with Gasteiger partial charge in [-0.15, -0.1) is 0 Å². The first-order chi connectivity index (χ1) is 25.4. The third kappa shape index (κ3) is 15.1. The molecule has 1 heterocycles. The molecule has 1 aliphatic rings. The molecule has 11 N–H and O–H groups in total. The quantitative estimate of drug-likeness (QED) is 0.0343. The molecular weight excluding hydrogens is 700 g/mol. The van der Waals surface area contributed by atoms with Crippen molar-refractivity contribution >= 4 is 47.3 Å². The molecule has 18 heteroatoms. The minimum atomic E-state index is -1.46. The molecule has 9 atom stereocenters. The normalized spacial score (nSPS) is 18.3. The molecule has 0 radical (unpaired) electrons. The van der Waals surface area contributed by atoms with Gasteiger partial charge in [-0.1, -0.05) is 53.9 Å². The molecule has 0 aromatic rings. The molecule has 0 spiro atoms. The molecular formula is C36H66N10O8. The van der Waals surface area contributed by atoms with Gasteiger partial charge in [-0.25, -0.2) is 0 Å². The zero-order chi connectivity index (χ0) is 41.1. The Labute approximate surface area is 319 Å². The highest BCUT2D eigenvalue weighted by molar-refractivity contribution is 5.97. The lowest BCUT2D eigenvalue weighted by molar-refractivity contribution is -0.142. The Kier molecular flexibility index (Phi) is 21.2. The minimum absolute atomic E-state index is 0.117. The van der Waals surface area contributed by atoms with Gasteiger partial charge in [0, 0.05) is 26.6 Å². The average molecular weight is 767 g/mol. The van der Waals surface area contributed by atoms with Crippen LogP contribution in [0.1, 0.15) is 107 Å². The monoisotopic (exact) mass is 767 g/mol. The van der Waals surface area contributed by atoms with Crippen LogP contribution in [0.25, 0.3) is 0 Å². The van der Waals surface area contributed by atoms with E-state index < -0.39 is 83.7 Å². The number of aliphatic hydroxyl groups excluding tert-OH is 1. The summed E-state index contributed by atoms with van der Waals surface area (Å²) >= 11 is 0. The Hall–Kier alpha value is -4.48. The lowest BCUT2D eigenvalue weighted by Crippen LogP contribution is -2.62. The van der Waals surface area contributed by atoms with E-state index in [-0.39, 0.29) is 37.2 Å². The van der Waals surface area contributed by atoms with Crippen LogP contribution in [-0.4, -0.2) is 119 Å². The van der Waals surface area contributed by atoms with Gasteiger partial charge in [-0.2, -0.15) is 0 Å². The van der Waals surface area contributed by atoms with Crippen molar-refractivity contribution in [3.05, 3.63) is 0 Å². The van der Waals surface area contributed by atoms with Gasteiger partial charge in [0.1, 0.15) is 36.3 Å². The van der Waals surface area contributed by atoms with Crippen LogP contribution in [0.15, 0.2) is 4.99 Å². The first-order valence-electron chi connectivity index (χ1n) is 19.2. The first-order valence-corrected chi connectivity index (χ1v) is 19.2. The standard InChI is InChI=1S/C36H66N10O8/c1-9-15-24(42-34(53)29(22(7)47)45-33(52)27(20(5)10-2)41-23(8)48)30(49)44-28(21(6)11-3)32(51)43-25(16-13-18-40-36(37)38)35(54)46-19-14-17-26(46)31(50)39-12-4/h20-22,24-29,47H,9-19H2,1-8H3,(H,39,50)(H,41,48)(H,42,53)(H,43,51)(H,44,49)(H,45,52)(H4,37,38,40)/t20-,21+,22-,24+,25+,26+,27-,28+,29+/m1/s1. The van der Waals surface area contributed by atoms with Gasteiger partial charge in [-0.3, -0.25) is 38.6 Å². The second kappa shape index (κ2) is 24.0. The number of hydrogen-bond donors (Lipinski definition) is 9. The Bertz CT molecular complexity index is 1310. The van der Waals surface area contributed by atoms with Crippen LogP contribution in [0.4, 0.5) is 0 Å². The summed E-state index contributed by atoms with van der Waals surface area (Å²) < 4.78 is 0. The van der Waals surface area contributed by atoms with Crippen LogP contribution < -0.4 is 43.4 Å². The predicted molar refractivity (Wildman–Crippen MR) is 204 cm³/mol. The molecule has 0 unspecified atom stereocenters. The van der Waals surface area contributed by atoms with Crippen molar-refractivity contribution in [2.75, 3.05) is 19.6 Å². The van der Waals surface area contributed by atoms with Gasteiger partial charge in [0.05, 0.1) is 6.10 Å². The topological polar surface area (TPSA) is 280 Å². The number of nitrogens with one attached hydrogen (secondary N) is 6. The van der Waals surface area contributed by atoms with Crippen molar-refractivity contribution in [1.82, 2.24) is 36.8 Å². The number of nitrogens with zero attached hydrogens (tertiary/aromatic N) is 2. The number of likely N-dealkylation sites (tertiary alicyclic amines) is 1. The maximum Gasteiger partial charge on any atom is 0.245 e. The molecule has 1 rings (SSSR count). The zero-order valence-corrected chi connectivity index (χ0v) is 33.3. The molecule has 0 aliphatic carbocycles. The highest BCUT2D eigenvalue weighted by Gasteiger charge is 2.39. The molecule has 54 heavy (non-hydrogen) atoms. The molecule has 0 bridgehead atoms. The number of aliphatic imine (C=N–C) groups is 1. The van der Waals surface area contributed by atoms with Gasteiger partial charge >= 0.3 is 0 Å². The van der Waals surface area contributed by atoms with Gasteiger partial charge < -0.3 is 53.4 Å². The second-order valence-corrected chi connectivity index (χ2v) is 14.1. The van der Waals surface area contributed by atoms with E-state index in [0.717, 1.165) is 0 Å². The summed E-state index contributed by atoms with van der Waals surface area (Å²) in [5.41, 5.74) is 10.9. The lowest BCUT2D eigenvalue weighted by atomic mass is 9.96. The van der Waals surface area contributed by atoms with E-state index in [1.54, 1.807) is 27.7 Å². The largest absolute Gasteiger partial charge is 0.391 e. The van der Waals surface area contributed by atoms with E-state index >= 15 is 0 Å². The summed E-state index contributed by atoms with van der Waals surface area (Å²) in [5, 5.41) is 26.5. The van der Waals surface area contributed by atoms with Crippen molar-refractivity contribution in [1.29, 1.82) is 0 Å². The van der Waals surface area contributed by atoms with Crippen molar-refractivity contribution in [2.24, 2.45) is 28.3 Å². The summed E-state index contributed by atoms with van der Waals surface area (Å²) in [6, 6.07) is -6.43. The van der Waals surface area contributed by atoms with Crippen LogP contribution in [-0.2, 0) is 33.6 Å². The molecule has 0 aromatic carbocycles. The summed E-state index contributed by atoms with van der Waals surface area (Å²) in [5.74, 6) is -4.76. The third-order valence-corrected chi connectivity index (χ3v) is 9.67. The summed E-state index contributed by atoms with van der Waals surface area (Å²) in [4.78, 5) is 98.4. The van der Waals surface area contributed by atoms with E-state index in [1.165, 1.54) is 18.7 Å². The summed E-state index contributed by atoms with van der Waals surface area (Å²) in [6.07, 6.45) is 1.87. The molecule has 1 aliphatic heterocycles. The second-order valence-electron chi connectivity index (χ2n) is 14.1. The number of likely N-dealkylation sites (N-methyl/N-ethyl adjacent to an activating group) is 1. The predicted octanol–water partition coefficient (Wildman–Crippen LogP) is -1.12. The number of carbonyl (C=O) groups excluding carboxylic acids is 7. The molecule has 18 nitrogen and oxygen atoms in total. The number of hydrogen-bond acceptors (Lipinski definition) is 9. The van der Waals surface area contributed by atoms with Gasteiger partial charge in [-0.05, 0) is 57.8 Å². The maximum absolute atomic E-state index is 14.0. The smallest absolute Gasteiger partial charge is 0.245 e. The molecule has 7 amide bonds. The van der Waals surface area contributed by atoms with Crippen molar-refractivity contribution in [3.8, 4) is 0 Å². The minimum Gasteiger partial charge on any atom is -0.391 e. The van der Waals surface area contributed by atoms with E-state index in [4.69, 9.17) is 11.5 Å². The average Bonchev–Trinajstić information content (AvgIpc) is 3.61. The van der Waals surface area contributed by atoms with Crippen molar-refractivity contribution in [2.45, 2.75) is 149 Å². The molecule has 308 valence electrons. The first kappa shape index (κ1) is 47.5. The van der Waals surface area contributed by atoms with Gasteiger partial charge in [0.2, 0.25) is 41.4 Å². The van der Waals surface area contributed by atoms with E-state index in [1.807, 2.05) is 13.8 Å². The number of guanidine groups is 1. The number of aliphatic hydroxyl groups is 1. The molecule has 0 aromatic heterocycles. The van der Waals surface area contributed by atoms with Crippen LogP contribution in [0.5, 0.6) is 0 Å². The van der Waals surface area contributed by atoms with Gasteiger partial charge in [0.15, 0.2) is 5.96 Å². The Morgan fingerprint density at radius 2 is 1.30 bits per heavy atom. The number of carbonyl (C=O) groups is 7. The summed E-state index contributed by atoms with van der Waals surface area (Å²) in [6.45, 7) is 14.3. The Morgan fingerprint density at radius 1 is 0.759 bits per heavy atom. The molecule has 0 saturated carbocycles. The fraction of sp³-hybridized carbons (Fsp3) is 0.778. The SMILES string of the molecule is CCC[C@H](NC(=O)[C@@H](NC(=O)[C@H](NC(C)=O)[C@H](C)CC)[C@@H](C)O)C(=O)N[C@H](C(=O)N[C@@H](CCCN=C(N)N)C(=O)N1CCC[C@H]1C(=O)NCC)[C@@H](C)CC. The fourth-order valence-electron chi connectivity index (χ4n) is 6.16. The third-order valence-electron chi connectivity index (χ3n) is 9.67. The number of nitrogens with two attached hydrogens (primary N) is 2. The lowest BCUT2D eigenvalue weighted by Gasteiger charge is -2.31. The van der Waals surface area contributed by atoms with Crippen LogP contribution in [0.2, 0.25) is 0 Å². The van der Waals surface area contributed by atoms with Crippen LogP contribution in [0.3, 0.4) is 0 Å². The van der Waals surface area contributed by atoms with E-state index in [0.29, 0.717) is 51.6 Å². The van der Waals surface area contributed by atoms with E-state index in [2.05, 4.69) is 36.9 Å². The molecule has 1 saturated heterocycles. The fourth-order valence-corrected chi connectivity index (χ4v) is 6.16. The van der Waals surface area contributed by atoms with Crippen molar-refractivity contribution in [3.63, 3.8) is 0 Å². The highest BCUT2D eigenvalue weighted by Crippen LogP contribution is 2.20. The maximum atomic E-state index is 14.0. The highest BCUT2D eigenvalue weighted by atomic mass is 16.3. The van der Waals surface area contributed by atoms with Crippen molar-refractivity contribution < 1.29 is 38.7 Å².